The van der Waals surface area contributed by atoms with E-state index in [4.69, 9.17) is 4.74 Å². The molecular weight excluding hydrogens is 472 g/mol. The standard InChI is InChI=1S/C24H25F2N7O3/c1-15(26)36-20-6-5-16(7-8-25)11-17(20)22-19(13-32(30-22)14-21(34)31(2)3)29-24(35)18-12-28-33-10-4-9-27-23(18)33/h4-6,9-13,15H,7-8,14H2,1-3H3,(H,29,35). The smallest absolute Gasteiger partial charge is 0.261 e. The molecule has 1 aromatic carbocycles. The van der Waals surface area contributed by atoms with Crippen LogP contribution in [0.4, 0.5) is 14.5 Å². The molecule has 0 radical (unpaired) electrons. The van der Waals surface area contributed by atoms with Crippen LogP contribution in [0.15, 0.2) is 49.1 Å². The molecule has 0 aliphatic heterocycles. The third kappa shape index (κ3) is 5.32. The summed E-state index contributed by atoms with van der Waals surface area (Å²) in [7, 11) is 3.23. The minimum Gasteiger partial charge on any atom is -0.460 e. The second-order valence-corrected chi connectivity index (χ2v) is 8.21. The molecule has 2 amide bonds. The molecule has 0 saturated heterocycles. The number of carbonyl (C=O) groups is 2. The fourth-order valence-corrected chi connectivity index (χ4v) is 3.55. The molecule has 10 nitrogen and oxygen atoms in total. The van der Waals surface area contributed by atoms with Gasteiger partial charge >= 0.3 is 0 Å². The van der Waals surface area contributed by atoms with Crippen LogP contribution < -0.4 is 10.1 Å². The molecule has 188 valence electrons. The van der Waals surface area contributed by atoms with Crippen molar-refractivity contribution in [1.82, 2.24) is 29.3 Å². The summed E-state index contributed by atoms with van der Waals surface area (Å²) < 4.78 is 35.0. The lowest BCUT2D eigenvalue weighted by atomic mass is 10.0. The van der Waals surface area contributed by atoms with Crippen LogP contribution >= 0.6 is 0 Å². The zero-order valence-electron chi connectivity index (χ0n) is 20.0. The van der Waals surface area contributed by atoms with Gasteiger partial charge in [-0.25, -0.2) is 13.9 Å². The van der Waals surface area contributed by atoms with Gasteiger partial charge in [-0.3, -0.25) is 18.7 Å². The highest BCUT2D eigenvalue weighted by atomic mass is 19.1. The Kier molecular flexibility index (Phi) is 7.23. The van der Waals surface area contributed by atoms with Crippen LogP contribution in [0.1, 0.15) is 22.8 Å². The van der Waals surface area contributed by atoms with Gasteiger partial charge in [-0.15, -0.1) is 0 Å². The number of hydrogen-bond donors (Lipinski definition) is 1. The van der Waals surface area contributed by atoms with E-state index in [-0.39, 0.29) is 41.6 Å². The predicted molar refractivity (Wildman–Crippen MR) is 128 cm³/mol. The zero-order valence-corrected chi connectivity index (χ0v) is 20.0. The molecule has 0 aliphatic rings. The summed E-state index contributed by atoms with van der Waals surface area (Å²) in [4.78, 5) is 31.1. The first kappa shape index (κ1) is 24.8. The number of nitrogens with zero attached hydrogens (tertiary/aromatic N) is 6. The van der Waals surface area contributed by atoms with Gasteiger partial charge in [0.1, 0.15) is 23.6 Å². The lowest BCUT2D eigenvalue weighted by molar-refractivity contribution is -0.129. The molecule has 1 atom stereocenters. The van der Waals surface area contributed by atoms with E-state index in [1.165, 1.54) is 39.5 Å². The number of rotatable bonds is 9. The first-order valence-corrected chi connectivity index (χ1v) is 11.1. The van der Waals surface area contributed by atoms with Crippen molar-refractivity contribution in [3.63, 3.8) is 0 Å². The normalized spacial score (nSPS) is 11.9. The molecule has 4 rings (SSSR count). The van der Waals surface area contributed by atoms with Crippen LogP contribution in [0.2, 0.25) is 0 Å². The van der Waals surface area contributed by atoms with E-state index in [2.05, 4.69) is 20.5 Å². The summed E-state index contributed by atoms with van der Waals surface area (Å²) in [6, 6.07) is 6.48. The molecule has 0 saturated carbocycles. The Bertz CT molecular complexity index is 1400. The van der Waals surface area contributed by atoms with E-state index in [0.29, 0.717) is 16.8 Å². The van der Waals surface area contributed by atoms with Crippen LogP contribution in [0.25, 0.3) is 16.9 Å². The molecule has 3 aromatic heterocycles. The largest absolute Gasteiger partial charge is 0.460 e. The second kappa shape index (κ2) is 10.5. The Labute approximate surface area is 205 Å². The van der Waals surface area contributed by atoms with Gasteiger partial charge in [0.2, 0.25) is 12.3 Å². The summed E-state index contributed by atoms with van der Waals surface area (Å²) in [5.74, 6) is -0.580. The first-order valence-electron chi connectivity index (χ1n) is 11.1. The van der Waals surface area contributed by atoms with Crippen molar-refractivity contribution in [3.05, 3.63) is 60.2 Å². The molecular formula is C24H25F2N7O3. The molecule has 0 spiro atoms. The number of likely N-dealkylation sites (N-methyl/N-ethyl adjacent to an activating group) is 1. The summed E-state index contributed by atoms with van der Waals surface area (Å²) in [5, 5.41) is 11.4. The van der Waals surface area contributed by atoms with Gasteiger partial charge in [0.25, 0.3) is 5.91 Å². The van der Waals surface area contributed by atoms with Gasteiger partial charge < -0.3 is 15.0 Å². The molecule has 0 bridgehead atoms. The van der Waals surface area contributed by atoms with Crippen molar-refractivity contribution >= 4 is 23.1 Å². The number of alkyl halides is 2. The highest BCUT2D eigenvalue weighted by molar-refractivity contribution is 6.09. The Morgan fingerprint density at radius 2 is 2.08 bits per heavy atom. The van der Waals surface area contributed by atoms with E-state index in [1.807, 2.05) is 0 Å². The quantitative estimate of drug-likeness (QED) is 0.381. The lowest BCUT2D eigenvalue weighted by Gasteiger charge is -2.14. The van der Waals surface area contributed by atoms with Crippen molar-refractivity contribution in [3.8, 4) is 17.0 Å². The van der Waals surface area contributed by atoms with Gasteiger partial charge in [0.15, 0.2) is 5.65 Å². The highest BCUT2D eigenvalue weighted by Gasteiger charge is 2.22. The average molecular weight is 498 g/mol. The number of anilines is 1. The van der Waals surface area contributed by atoms with Crippen LogP contribution in [0.3, 0.4) is 0 Å². The Morgan fingerprint density at radius 1 is 1.28 bits per heavy atom. The number of halogens is 2. The summed E-state index contributed by atoms with van der Waals surface area (Å²) in [6.45, 7) is 0.540. The topological polar surface area (TPSA) is 107 Å². The number of aryl methyl sites for hydroxylation is 1. The number of benzene rings is 1. The molecule has 0 fully saturated rings. The molecule has 36 heavy (non-hydrogen) atoms. The number of aromatic nitrogens is 5. The van der Waals surface area contributed by atoms with Crippen molar-refractivity contribution in [2.45, 2.75) is 26.2 Å². The van der Waals surface area contributed by atoms with Gasteiger partial charge in [0, 0.05) is 51.6 Å². The van der Waals surface area contributed by atoms with Crippen molar-refractivity contribution in [2.75, 3.05) is 26.1 Å². The van der Waals surface area contributed by atoms with Gasteiger partial charge in [-0.1, -0.05) is 6.07 Å². The fraction of sp³-hybridized carbons (Fsp3) is 0.292. The van der Waals surface area contributed by atoms with E-state index < -0.39 is 18.9 Å². The molecule has 1 unspecified atom stereocenters. The number of carbonyl (C=O) groups excluding carboxylic acids is 2. The Morgan fingerprint density at radius 3 is 2.81 bits per heavy atom. The summed E-state index contributed by atoms with van der Waals surface area (Å²) >= 11 is 0. The second-order valence-electron chi connectivity index (χ2n) is 8.21. The molecule has 12 heteroatoms. The lowest BCUT2D eigenvalue weighted by Crippen LogP contribution is -2.26. The number of fused-ring (bicyclic) bond motifs is 1. The number of nitrogens with one attached hydrogen (secondary N) is 1. The van der Waals surface area contributed by atoms with Crippen LogP contribution in [-0.4, -0.2) is 68.2 Å². The number of hydrogen-bond acceptors (Lipinski definition) is 6. The number of ether oxygens (including phenoxy) is 1. The third-order valence-electron chi connectivity index (χ3n) is 5.30. The van der Waals surface area contributed by atoms with Crippen LogP contribution in [0.5, 0.6) is 5.75 Å². The summed E-state index contributed by atoms with van der Waals surface area (Å²) in [5.41, 5.74) is 2.03. The number of amides is 2. The zero-order chi connectivity index (χ0) is 25.8. The van der Waals surface area contributed by atoms with Crippen LogP contribution in [0, 0.1) is 0 Å². The van der Waals surface area contributed by atoms with Crippen LogP contribution in [-0.2, 0) is 17.8 Å². The monoisotopic (exact) mass is 497 g/mol. The van der Waals surface area contributed by atoms with Gasteiger partial charge in [0.05, 0.1) is 18.6 Å². The van der Waals surface area contributed by atoms with E-state index >= 15 is 0 Å². The SMILES string of the molecule is CC(F)Oc1ccc(CCF)cc1-c1nn(CC(=O)N(C)C)cc1NC(=O)c1cnn2cccnc12. The average Bonchev–Trinajstić information content (AvgIpc) is 3.44. The van der Waals surface area contributed by atoms with Gasteiger partial charge in [-0.2, -0.15) is 10.2 Å². The molecule has 4 aromatic rings. The van der Waals surface area contributed by atoms with E-state index in [9.17, 15) is 18.4 Å². The maximum absolute atomic E-state index is 13.8. The molecule has 3 heterocycles. The molecule has 1 N–H and O–H groups in total. The Hall–Kier alpha value is -4.35. The summed E-state index contributed by atoms with van der Waals surface area (Å²) in [6.07, 6.45) is 4.59. The fourth-order valence-electron chi connectivity index (χ4n) is 3.55. The van der Waals surface area contributed by atoms with Gasteiger partial charge in [-0.05, 0) is 23.8 Å². The molecule has 0 aliphatic carbocycles. The maximum atomic E-state index is 13.8. The predicted octanol–water partition coefficient (Wildman–Crippen LogP) is 3.14. The maximum Gasteiger partial charge on any atom is 0.261 e. The minimum absolute atomic E-state index is 0.103. The Balaban J connectivity index is 1.79. The van der Waals surface area contributed by atoms with E-state index in [0.717, 1.165) is 0 Å². The van der Waals surface area contributed by atoms with E-state index in [1.54, 1.807) is 44.7 Å². The van der Waals surface area contributed by atoms with Crippen molar-refractivity contribution in [2.24, 2.45) is 0 Å². The first-order chi connectivity index (χ1) is 17.3. The third-order valence-corrected chi connectivity index (χ3v) is 5.30. The van der Waals surface area contributed by atoms with Crippen molar-refractivity contribution < 1.29 is 23.1 Å². The minimum atomic E-state index is -1.63. The highest BCUT2D eigenvalue weighted by Crippen LogP contribution is 2.36. The van der Waals surface area contributed by atoms with Crippen molar-refractivity contribution in [1.29, 1.82) is 0 Å².